The number of benzene rings is 3. The number of rotatable bonds is 3. The molecule has 1 aliphatic carbocycles. The second-order valence-corrected chi connectivity index (χ2v) is 12.4. The number of aryl methyl sites for hydroxylation is 1. The maximum Gasteiger partial charge on any atom is 0.326 e. The zero-order valence-electron chi connectivity index (χ0n) is 20.6. The summed E-state index contributed by atoms with van der Waals surface area (Å²) in [5.74, 6) is 1.97. The third kappa shape index (κ3) is 4.19. The van der Waals surface area contributed by atoms with Crippen molar-refractivity contribution < 1.29 is 9.05 Å². The van der Waals surface area contributed by atoms with Crippen LogP contribution in [0.4, 0.5) is 0 Å². The number of hydrogen-bond donors (Lipinski definition) is 0. The standard InChI is InChI=1S/C30H35O2P/c1-21-19-24(29(2,3)4)28(25(20-21)30(5)17-11-6-12-18-30)32-33-27-16-10-8-14-23(27)22-13-7-9-15-26(22)31-33/h7-10,13-16,19-20H,6,11-12,17-18H2,1-5H3. The molecule has 2 nitrogen and oxygen atoms in total. The fraction of sp³-hybridized carbons (Fsp3) is 0.400. The molecule has 0 radical (unpaired) electrons. The summed E-state index contributed by atoms with van der Waals surface area (Å²) in [5.41, 5.74) is 6.46. The van der Waals surface area contributed by atoms with E-state index < -0.39 is 8.38 Å². The van der Waals surface area contributed by atoms with E-state index in [0.29, 0.717) is 0 Å². The summed E-state index contributed by atoms with van der Waals surface area (Å²) in [6.07, 6.45) is 6.35. The topological polar surface area (TPSA) is 18.5 Å². The Labute approximate surface area is 200 Å². The Balaban J connectivity index is 1.65. The molecule has 33 heavy (non-hydrogen) atoms. The van der Waals surface area contributed by atoms with Gasteiger partial charge >= 0.3 is 8.38 Å². The highest BCUT2D eigenvalue weighted by Crippen LogP contribution is 2.54. The van der Waals surface area contributed by atoms with Crippen LogP contribution in [-0.4, -0.2) is 0 Å². The van der Waals surface area contributed by atoms with Crippen LogP contribution in [0.2, 0.25) is 0 Å². The van der Waals surface area contributed by atoms with Crippen LogP contribution in [0.1, 0.15) is 76.5 Å². The summed E-state index contributed by atoms with van der Waals surface area (Å²) in [4.78, 5) is 0. The van der Waals surface area contributed by atoms with Crippen LogP contribution in [0.3, 0.4) is 0 Å². The van der Waals surface area contributed by atoms with Gasteiger partial charge in [0, 0.05) is 16.7 Å². The van der Waals surface area contributed by atoms with E-state index in [0.717, 1.165) is 22.4 Å². The summed E-state index contributed by atoms with van der Waals surface area (Å²) in [6, 6.07) is 21.6. The van der Waals surface area contributed by atoms with Crippen molar-refractivity contribution in [3.8, 4) is 22.6 Å². The van der Waals surface area contributed by atoms with Gasteiger partial charge in [0.2, 0.25) is 0 Å². The van der Waals surface area contributed by atoms with Crippen LogP contribution in [-0.2, 0) is 10.8 Å². The van der Waals surface area contributed by atoms with Gasteiger partial charge < -0.3 is 9.05 Å². The van der Waals surface area contributed by atoms with Crippen molar-refractivity contribution in [2.75, 3.05) is 0 Å². The molecule has 0 saturated heterocycles. The highest BCUT2D eigenvalue weighted by molar-refractivity contribution is 7.57. The van der Waals surface area contributed by atoms with Crippen LogP contribution in [0, 0.1) is 6.92 Å². The zero-order chi connectivity index (χ0) is 23.2. The molecule has 0 amide bonds. The van der Waals surface area contributed by atoms with Crippen molar-refractivity contribution in [1.29, 1.82) is 0 Å². The third-order valence-corrected chi connectivity index (χ3v) is 8.78. The molecule has 2 aliphatic rings. The highest BCUT2D eigenvalue weighted by atomic mass is 31.2. The summed E-state index contributed by atoms with van der Waals surface area (Å²) in [6.45, 7) is 11.5. The fourth-order valence-electron chi connectivity index (χ4n) is 5.40. The fourth-order valence-corrected chi connectivity index (χ4v) is 6.93. The van der Waals surface area contributed by atoms with Gasteiger partial charge in [-0.05, 0) is 48.3 Å². The zero-order valence-corrected chi connectivity index (χ0v) is 21.5. The normalized spacial score (nSPS) is 19.2. The molecule has 1 aliphatic heterocycles. The van der Waals surface area contributed by atoms with Crippen molar-refractivity contribution in [2.45, 2.75) is 77.6 Å². The minimum atomic E-state index is -1.28. The smallest absolute Gasteiger partial charge is 0.326 e. The first kappa shape index (κ1) is 22.5. The van der Waals surface area contributed by atoms with E-state index in [9.17, 15) is 0 Å². The molecule has 3 aromatic rings. The van der Waals surface area contributed by atoms with Gasteiger partial charge in [-0.3, -0.25) is 0 Å². The van der Waals surface area contributed by atoms with Crippen LogP contribution in [0.25, 0.3) is 11.1 Å². The van der Waals surface area contributed by atoms with Crippen molar-refractivity contribution in [2.24, 2.45) is 0 Å². The van der Waals surface area contributed by atoms with E-state index in [4.69, 9.17) is 9.05 Å². The van der Waals surface area contributed by atoms with Gasteiger partial charge in [-0.1, -0.05) is 101 Å². The molecule has 172 valence electrons. The first-order valence-electron chi connectivity index (χ1n) is 12.3. The average Bonchev–Trinajstić information content (AvgIpc) is 2.80. The van der Waals surface area contributed by atoms with E-state index in [-0.39, 0.29) is 10.8 Å². The highest BCUT2D eigenvalue weighted by Gasteiger charge is 2.37. The Morgan fingerprint density at radius 2 is 1.55 bits per heavy atom. The molecule has 0 spiro atoms. The monoisotopic (exact) mass is 458 g/mol. The first-order valence-corrected chi connectivity index (χ1v) is 13.4. The summed E-state index contributed by atoms with van der Waals surface area (Å²) in [5, 5.41) is 1.16. The molecule has 0 bridgehead atoms. The Morgan fingerprint density at radius 1 is 0.879 bits per heavy atom. The van der Waals surface area contributed by atoms with E-state index >= 15 is 0 Å². The molecule has 0 N–H and O–H groups in total. The van der Waals surface area contributed by atoms with Gasteiger partial charge in [-0.15, -0.1) is 0 Å². The third-order valence-electron chi connectivity index (χ3n) is 7.28. The molecule has 0 aromatic heterocycles. The molecule has 1 fully saturated rings. The maximum atomic E-state index is 7.04. The molecule has 3 heteroatoms. The van der Waals surface area contributed by atoms with Crippen molar-refractivity contribution in [3.05, 3.63) is 77.4 Å². The Morgan fingerprint density at radius 3 is 2.27 bits per heavy atom. The van der Waals surface area contributed by atoms with E-state index in [2.05, 4.69) is 89.2 Å². The first-order chi connectivity index (χ1) is 15.8. The summed E-state index contributed by atoms with van der Waals surface area (Å²) < 4.78 is 13.6. The average molecular weight is 459 g/mol. The predicted molar refractivity (Wildman–Crippen MR) is 140 cm³/mol. The largest absolute Gasteiger partial charge is 0.435 e. The minimum Gasteiger partial charge on any atom is -0.435 e. The Hall–Kier alpha value is -2.31. The lowest BCUT2D eigenvalue weighted by molar-refractivity contribution is 0.312. The molecular weight excluding hydrogens is 423 g/mol. The molecule has 1 unspecified atom stereocenters. The van der Waals surface area contributed by atoms with Gasteiger partial charge in [-0.25, -0.2) is 0 Å². The lowest BCUT2D eigenvalue weighted by Gasteiger charge is -2.38. The summed E-state index contributed by atoms with van der Waals surface area (Å²) in [7, 11) is -1.28. The van der Waals surface area contributed by atoms with Gasteiger partial charge in [0.15, 0.2) is 0 Å². The van der Waals surface area contributed by atoms with Gasteiger partial charge in [-0.2, -0.15) is 0 Å². The van der Waals surface area contributed by atoms with Gasteiger partial charge in [0.25, 0.3) is 0 Å². The maximum absolute atomic E-state index is 7.04. The summed E-state index contributed by atoms with van der Waals surface area (Å²) >= 11 is 0. The predicted octanol–water partition coefficient (Wildman–Crippen LogP) is 8.59. The van der Waals surface area contributed by atoms with Crippen LogP contribution in [0.15, 0.2) is 60.7 Å². The molecular formula is C30H35O2P. The molecule has 5 rings (SSSR count). The number of para-hydroxylation sites is 1. The number of hydrogen-bond acceptors (Lipinski definition) is 2. The Bertz CT molecular complexity index is 1170. The molecule has 3 aromatic carbocycles. The van der Waals surface area contributed by atoms with Gasteiger partial charge in [0.05, 0.1) is 5.30 Å². The number of fused-ring (bicyclic) bond motifs is 3. The van der Waals surface area contributed by atoms with Crippen LogP contribution in [0.5, 0.6) is 11.5 Å². The van der Waals surface area contributed by atoms with Crippen molar-refractivity contribution >= 4 is 13.7 Å². The minimum absolute atomic E-state index is 0.0241. The van der Waals surface area contributed by atoms with Gasteiger partial charge in [0.1, 0.15) is 11.5 Å². The molecule has 1 heterocycles. The van der Waals surface area contributed by atoms with Crippen LogP contribution >= 0.6 is 8.38 Å². The second kappa shape index (κ2) is 8.48. The van der Waals surface area contributed by atoms with Crippen molar-refractivity contribution in [1.82, 2.24) is 0 Å². The Kier molecular flexibility index (Phi) is 5.78. The SMILES string of the molecule is Cc1cc(C(C)(C)C)c(OP2Oc3ccccc3-c3ccccc32)c(C2(C)CCCCC2)c1. The molecule has 1 saturated carbocycles. The lowest BCUT2D eigenvalue weighted by Crippen LogP contribution is -2.28. The van der Waals surface area contributed by atoms with E-state index in [1.165, 1.54) is 54.4 Å². The van der Waals surface area contributed by atoms with Crippen molar-refractivity contribution in [3.63, 3.8) is 0 Å². The van der Waals surface area contributed by atoms with E-state index in [1.54, 1.807) is 0 Å². The van der Waals surface area contributed by atoms with E-state index in [1.807, 2.05) is 6.07 Å². The molecule has 1 atom stereocenters. The quantitative estimate of drug-likeness (QED) is 0.366. The second-order valence-electron chi connectivity index (χ2n) is 11.0. The lowest BCUT2D eigenvalue weighted by atomic mass is 9.69. The van der Waals surface area contributed by atoms with Crippen LogP contribution < -0.4 is 14.4 Å².